The molecule has 0 radical (unpaired) electrons. The van der Waals surface area contributed by atoms with Crippen LogP contribution >= 0.6 is 23.1 Å². The van der Waals surface area contributed by atoms with E-state index >= 15 is 0 Å². The summed E-state index contributed by atoms with van der Waals surface area (Å²) in [5.41, 5.74) is 1.26. The number of halogens is 1. The van der Waals surface area contributed by atoms with Crippen LogP contribution in [0.4, 0.5) is 15.2 Å². The maximum atomic E-state index is 13.3. The molecule has 0 bridgehead atoms. The van der Waals surface area contributed by atoms with Gasteiger partial charge in [0.1, 0.15) is 12.4 Å². The van der Waals surface area contributed by atoms with Gasteiger partial charge in [-0.3, -0.25) is 14.4 Å². The number of sulfonamides is 1. The smallest absolute Gasteiger partial charge is 0.264 e. The van der Waals surface area contributed by atoms with Crippen molar-refractivity contribution in [3.8, 4) is 0 Å². The average Bonchev–Trinajstić information content (AvgIpc) is 3.13. The van der Waals surface area contributed by atoms with Gasteiger partial charge in [0.15, 0.2) is 4.34 Å². The summed E-state index contributed by atoms with van der Waals surface area (Å²) in [6.45, 7) is 5.43. The molecular weight excluding hydrogens is 459 g/mol. The number of thioether (sulfide) groups is 1. The number of carbonyl (C=O) groups is 1. The van der Waals surface area contributed by atoms with Gasteiger partial charge in [-0.2, -0.15) is 0 Å². The van der Waals surface area contributed by atoms with E-state index in [4.69, 9.17) is 0 Å². The molecule has 7 nitrogen and oxygen atoms in total. The van der Waals surface area contributed by atoms with E-state index in [1.54, 1.807) is 24.3 Å². The van der Waals surface area contributed by atoms with E-state index < -0.39 is 28.3 Å². The van der Waals surface area contributed by atoms with Gasteiger partial charge in [-0.15, -0.1) is 10.2 Å². The molecule has 0 aliphatic rings. The minimum Gasteiger partial charge on any atom is -0.299 e. The molecule has 0 fully saturated rings. The zero-order valence-electron chi connectivity index (χ0n) is 17.1. The monoisotopic (exact) mass is 480 g/mol. The third kappa shape index (κ3) is 6.02. The molecule has 3 rings (SSSR count). The molecule has 1 N–H and O–H groups in total. The molecule has 2 aromatic carbocycles. The van der Waals surface area contributed by atoms with E-state index in [1.807, 2.05) is 20.8 Å². The Labute approximate surface area is 188 Å². The van der Waals surface area contributed by atoms with Gasteiger partial charge in [-0.1, -0.05) is 54.6 Å². The summed E-state index contributed by atoms with van der Waals surface area (Å²) in [4.78, 5) is 12.6. The van der Waals surface area contributed by atoms with Crippen LogP contribution in [-0.4, -0.2) is 36.3 Å². The Morgan fingerprint density at radius 2 is 1.77 bits per heavy atom. The third-order valence-corrected chi connectivity index (χ3v) is 7.71. The summed E-state index contributed by atoms with van der Waals surface area (Å²) in [7, 11) is -4.11. The van der Waals surface area contributed by atoms with Crippen LogP contribution in [0.25, 0.3) is 0 Å². The standard InChI is InChI=1S/C20H21FN4O3S3/c1-13(2)29-20-24-23-19(30-20)22-18(26)12-25(16-8-4-14(3)5-9-16)31(27,28)17-10-6-15(21)7-11-17/h4-11,13H,12H2,1-3H3,(H,22,23,26). The van der Waals surface area contributed by atoms with Gasteiger partial charge in [0, 0.05) is 5.25 Å². The van der Waals surface area contributed by atoms with Gasteiger partial charge in [0.25, 0.3) is 10.0 Å². The Morgan fingerprint density at radius 1 is 1.13 bits per heavy atom. The maximum absolute atomic E-state index is 13.3. The van der Waals surface area contributed by atoms with Gasteiger partial charge < -0.3 is 0 Å². The highest BCUT2D eigenvalue weighted by atomic mass is 32.2. The van der Waals surface area contributed by atoms with Crippen LogP contribution in [0.3, 0.4) is 0 Å². The molecule has 164 valence electrons. The number of aromatic nitrogens is 2. The van der Waals surface area contributed by atoms with Crippen molar-refractivity contribution < 1.29 is 17.6 Å². The van der Waals surface area contributed by atoms with Crippen LogP contribution < -0.4 is 9.62 Å². The molecule has 3 aromatic rings. The lowest BCUT2D eigenvalue weighted by molar-refractivity contribution is -0.114. The van der Waals surface area contributed by atoms with Crippen LogP contribution in [0.2, 0.25) is 0 Å². The number of amides is 1. The Bertz CT molecular complexity index is 1150. The molecule has 1 aromatic heterocycles. The van der Waals surface area contributed by atoms with Crippen molar-refractivity contribution in [2.75, 3.05) is 16.2 Å². The summed E-state index contributed by atoms with van der Waals surface area (Å²) in [5, 5.41) is 11.2. The van der Waals surface area contributed by atoms with Gasteiger partial charge in [-0.05, 0) is 43.3 Å². The van der Waals surface area contributed by atoms with Gasteiger partial charge in [-0.25, -0.2) is 12.8 Å². The summed E-state index contributed by atoms with van der Waals surface area (Å²) in [5.74, 6) is -1.12. The van der Waals surface area contributed by atoms with Crippen molar-refractivity contribution in [1.82, 2.24) is 10.2 Å². The van der Waals surface area contributed by atoms with Crippen LogP contribution in [0.5, 0.6) is 0 Å². The number of anilines is 2. The van der Waals surface area contributed by atoms with Crippen molar-refractivity contribution in [1.29, 1.82) is 0 Å². The molecule has 0 unspecified atom stereocenters. The number of rotatable bonds is 8. The highest BCUT2D eigenvalue weighted by Gasteiger charge is 2.27. The second-order valence-corrected chi connectivity index (χ2v) is 11.6. The number of hydrogen-bond acceptors (Lipinski definition) is 7. The Balaban J connectivity index is 1.86. The van der Waals surface area contributed by atoms with Crippen molar-refractivity contribution in [3.63, 3.8) is 0 Å². The van der Waals surface area contributed by atoms with Gasteiger partial charge in [0.2, 0.25) is 11.0 Å². The Hall–Kier alpha value is -2.50. The van der Waals surface area contributed by atoms with Crippen molar-refractivity contribution >= 4 is 49.8 Å². The molecule has 0 spiro atoms. The van der Waals surface area contributed by atoms with Gasteiger partial charge >= 0.3 is 0 Å². The fraction of sp³-hybridized carbons (Fsp3) is 0.250. The molecule has 0 aliphatic heterocycles. The zero-order chi connectivity index (χ0) is 22.6. The van der Waals surface area contributed by atoms with E-state index in [1.165, 1.54) is 35.2 Å². The topological polar surface area (TPSA) is 92.3 Å². The lowest BCUT2D eigenvalue weighted by Crippen LogP contribution is -2.38. The highest BCUT2D eigenvalue weighted by molar-refractivity contribution is 8.01. The number of aryl methyl sites for hydroxylation is 1. The molecule has 0 saturated carbocycles. The predicted molar refractivity (Wildman–Crippen MR) is 122 cm³/mol. The second kappa shape index (κ2) is 9.75. The summed E-state index contributed by atoms with van der Waals surface area (Å²) in [6.07, 6.45) is 0. The molecule has 11 heteroatoms. The zero-order valence-corrected chi connectivity index (χ0v) is 19.5. The fourth-order valence-corrected chi connectivity index (χ4v) is 5.97. The predicted octanol–water partition coefficient (Wildman–Crippen LogP) is 4.32. The summed E-state index contributed by atoms with van der Waals surface area (Å²) in [6, 6.07) is 11.2. The largest absolute Gasteiger partial charge is 0.299 e. The molecule has 0 aliphatic carbocycles. The minimum absolute atomic E-state index is 0.117. The first-order valence-corrected chi connectivity index (χ1v) is 12.4. The number of benzene rings is 2. The SMILES string of the molecule is Cc1ccc(N(CC(=O)Nc2nnc(SC(C)C)s2)S(=O)(=O)c2ccc(F)cc2)cc1. The van der Waals surface area contributed by atoms with Crippen molar-refractivity contribution in [2.24, 2.45) is 0 Å². The van der Waals surface area contributed by atoms with E-state index in [-0.39, 0.29) is 10.0 Å². The lowest BCUT2D eigenvalue weighted by atomic mass is 10.2. The van der Waals surface area contributed by atoms with Crippen LogP contribution in [-0.2, 0) is 14.8 Å². The van der Waals surface area contributed by atoms with Gasteiger partial charge in [0.05, 0.1) is 10.6 Å². The second-order valence-electron chi connectivity index (χ2n) is 6.89. The number of carbonyl (C=O) groups excluding carboxylic acids is 1. The molecular formula is C20H21FN4O3S3. The first kappa shape index (κ1) is 23.2. The quantitative estimate of drug-likeness (QED) is 0.381. The number of hydrogen-bond donors (Lipinski definition) is 1. The van der Waals surface area contributed by atoms with Crippen LogP contribution in [0, 0.1) is 12.7 Å². The van der Waals surface area contributed by atoms with E-state index in [9.17, 15) is 17.6 Å². The third-order valence-electron chi connectivity index (χ3n) is 4.00. The van der Waals surface area contributed by atoms with Crippen molar-refractivity contribution in [3.05, 3.63) is 59.9 Å². The summed E-state index contributed by atoms with van der Waals surface area (Å²) < 4.78 is 41.5. The number of nitrogens with zero attached hydrogens (tertiary/aromatic N) is 3. The molecule has 31 heavy (non-hydrogen) atoms. The first-order valence-electron chi connectivity index (χ1n) is 9.30. The number of nitrogens with one attached hydrogen (secondary N) is 1. The molecule has 0 saturated heterocycles. The highest BCUT2D eigenvalue weighted by Crippen LogP contribution is 2.29. The normalized spacial score (nSPS) is 11.5. The minimum atomic E-state index is -4.11. The molecule has 1 heterocycles. The van der Waals surface area contributed by atoms with Crippen LogP contribution in [0.15, 0.2) is 57.8 Å². The van der Waals surface area contributed by atoms with Crippen molar-refractivity contribution in [2.45, 2.75) is 35.3 Å². The van der Waals surface area contributed by atoms with E-state index in [2.05, 4.69) is 15.5 Å². The average molecular weight is 481 g/mol. The summed E-state index contributed by atoms with van der Waals surface area (Å²) >= 11 is 2.74. The lowest BCUT2D eigenvalue weighted by Gasteiger charge is -2.24. The molecule has 1 amide bonds. The Kier molecular flexibility index (Phi) is 7.29. The van der Waals surface area contributed by atoms with Crippen LogP contribution in [0.1, 0.15) is 19.4 Å². The molecule has 0 atom stereocenters. The first-order chi connectivity index (χ1) is 14.6. The van der Waals surface area contributed by atoms with E-state index in [0.717, 1.165) is 22.0 Å². The van der Waals surface area contributed by atoms with E-state index in [0.29, 0.717) is 15.3 Å². The maximum Gasteiger partial charge on any atom is 0.264 e. The fourth-order valence-electron chi connectivity index (χ4n) is 2.56. The Morgan fingerprint density at radius 3 is 2.39 bits per heavy atom.